The van der Waals surface area contributed by atoms with Crippen molar-refractivity contribution in [2.24, 2.45) is 5.73 Å². The van der Waals surface area contributed by atoms with Gasteiger partial charge >= 0.3 is 0 Å². The molecule has 1 aliphatic rings. The standard InChI is InChI=1S/C27H27N7O2/c1-2-24(35)32-23-7-4-12-29-26(23)22-6-3-5-18-16-30-27(33-25(18)22)31-19-8-10-20(11-9-19)34-13-14-36-21(15-28)17-34/h2-12,16,21H,1,13-15,17,28H2,(H,32,35)(H,30,31,33)/t21-/m1/s1. The lowest BCUT2D eigenvalue weighted by molar-refractivity contribution is -0.111. The maximum absolute atomic E-state index is 11.9. The third kappa shape index (κ3) is 5.02. The summed E-state index contributed by atoms with van der Waals surface area (Å²) < 4.78 is 5.67. The van der Waals surface area contributed by atoms with Gasteiger partial charge in [-0.15, -0.1) is 0 Å². The van der Waals surface area contributed by atoms with Gasteiger partial charge in [-0.2, -0.15) is 0 Å². The Balaban J connectivity index is 1.41. The van der Waals surface area contributed by atoms with Gasteiger partial charge in [0.15, 0.2) is 0 Å². The summed E-state index contributed by atoms with van der Waals surface area (Å²) in [5, 5.41) is 6.97. The monoisotopic (exact) mass is 481 g/mol. The molecule has 0 radical (unpaired) electrons. The van der Waals surface area contributed by atoms with Crippen LogP contribution in [0.1, 0.15) is 0 Å². The molecule has 36 heavy (non-hydrogen) atoms. The average Bonchev–Trinajstić information content (AvgIpc) is 2.93. The highest BCUT2D eigenvalue weighted by Gasteiger charge is 2.19. The smallest absolute Gasteiger partial charge is 0.247 e. The largest absolute Gasteiger partial charge is 0.373 e. The highest BCUT2D eigenvalue weighted by Crippen LogP contribution is 2.32. The quantitative estimate of drug-likeness (QED) is 0.342. The summed E-state index contributed by atoms with van der Waals surface area (Å²) in [6.07, 6.45) is 4.74. The van der Waals surface area contributed by atoms with Crippen molar-refractivity contribution in [2.45, 2.75) is 6.10 Å². The first kappa shape index (κ1) is 23.4. The molecule has 1 amide bonds. The average molecular weight is 482 g/mol. The first-order chi connectivity index (χ1) is 17.6. The molecule has 3 heterocycles. The number of fused-ring (bicyclic) bond motifs is 1. The Kier molecular flexibility index (Phi) is 6.83. The molecule has 1 atom stereocenters. The number of amides is 1. The molecule has 0 bridgehead atoms. The van der Waals surface area contributed by atoms with Gasteiger partial charge < -0.3 is 26.0 Å². The third-order valence-electron chi connectivity index (χ3n) is 6.01. The first-order valence-electron chi connectivity index (χ1n) is 11.7. The number of morpholine rings is 1. The second-order valence-electron chi connectivity index (χ2n) is 8.38. The van der Waals surface area contributed by atoms with E-state index in [1.54, 1.807) is 24.5 Å². The molecule has 4 N–H and O–H groups in total. The van der Waals surface area contributed by atoms with E-state index in [1.807, 2.05) is 30.3 Å². The SMILES string of the molecule is C=CC(=O)Nc1cccnc1-c1cccc2cnc(Nc3ccc(N4CCO[C@H](CN)C4)cc3)nc12. The number of nitrogens with two attached hydrogens (primary N) is 1. The summed E-state index contributed by atoms with van der Waals surface area (Å²) >= 11 is 0. The Labute approximate surface area is 209 Å². The summed E-state index contributed by atoms with van der Waals surface area (Å²) in [7, 11) is 0. The number of hydrogen-bond acceptors (Lipinski definition) is 8. The maximum Gasteiger partial charge on any atom is 0.247 e. The summed E-state index contributed by atoms with van der Waals surface area (Å²) in [4.78, 5) is 28.0. The van der Waals surface area contributed by atoms with Crippen LogP contribution >= 0.6 is 0 Å². The van der Waals surface area contributed by atoms with Gasteiger partial charge in [0.2, 0.25) is 11.9 Å². The van der Waals surface area contributed by atoms with Crippen molar-refractivity contribution in [3.05, 3.63) is 79.6 Å². The molecule has 0 aliphatic carbocycles. The van der Waals surface area contributed by atoms with Crippen LogP contribution in [0, 0.1) is 0 Å². The van der Waals surface area contributed by atoms with Crippen LogP contribution < -0.4 is 21.3 Å². The van der Waals surface area contributed by atoms with Gasteiger partial charge in [-0.25, -0.2) is 9.97 Å². The molecule has 0 unspecified atom stereocenters. The number of ether oxygens (including phenoxy) is 1. The molecule has 182 valence electrons. The maximum atomic E-state index is 11.9. The lowest BCUT2D eigenvalue weighted by Crippen LogP contribution is -2.45. The second kappa shape index (κ2) is 10.5. The highest BCUT2D eigenvalue weighted by molar-refractivity contribution is 6.03. The fourth-order valence-corrected chi connectivity index (χ4v) is 4.19. The molecule has 1 aliphatic heterocycles. The zero-order valence-electron chi connectivity index (χ0n) is 19.7. The molecule has 9 nitrogen and oxygen atoms in total. The molecule has 4 aromatic rings. The van der Waals surface area contributed by atoms with Gasteiger partial charge in [0.25, 0.3) is 0 Å². The number of carbonyl (C=O) groups excluding carboxylic acids is 1. The molecule has 5 rings (SSSR count). The predicted octanol–water partition coefficient (Wildman–Crippen LogP) is 3.72. The van der Waals surface area contributed by atoms with E-state index in [-0.39, 0.29) is 12.0 Å². The fraction of sp³-hybridized carbons (Fsp3) is 0.185. The lowest BCUT2D eigenvalue weighted by atomic mass is 10.1. The van der Waals surface area contributed by atoms with Crippen LogP contribution in [0.15, 0.2) is 79.6 Å². The van der Waals surface area contributed by atoms with E-state index in [1.165, 1.54) is 6.08 Å². The van der Waals surface area contributed by atoms with Gasteiger partial charge in [-0.05, 0) is 42.5 Å². The Bertz CT molecular complexity index is 1390. The van der Waals surface area contributed by atoms with Crippen molar-refractivity contribution in [1.29, 1.82) is 0 Å². The number of nitrogens with one attached hydrogen (secondary N) is 2. The van der Waals surface area contributed by atoms with Crippen molar-refractivity contribution in [3.63, 3.8) is 0 Å². The summed E-state index contributed by atoms with van der Waals surface area (Å²) in [6, 6.07) is 17.5. The van der Waals surface area contributed by atoms with Gasteiger partial charge in [-0.1, -0.05) is 24.8 Å². The van der Waals surface area contributed by atoms with Crippen LogP contribution in [0.25, 0.3) is 22.2 Å². The van der Waals surface area contributed by atoms with Crippen LogP contribution in [-0.2, 0) is 9.53 Å². The Morgan fingerprint density at radius 2 is 2.03 bits per heavy atom. The Hall–Kier alpha value is -4.34. The normalized spacial score (nSPS) is 15.5. The first-order valence-corrected chi connectivity index (χ1v) is 11.7. The van der Waals surface area contributed by atoms with Crippen LogP contribution in [-0.4, -0.2) is 53.2 Å². The summed E-state index contributed by atoms with van der Waals surface area (Å²) in [6.45, 7) is 6.32. The molecule has 1 fully saturated rings. The van der Waals surface area contributed by atoms with Crippen molar-refractivity contribution >= 4 is 39.8 Å². The fourth-order valence-electron chi connectivity index (χ4n) is 4.19. The van der Waals surface area contributed by atoms with E-state index in [2.05, 4.69) is 44.2 Å². The van der Waals surface area contributed by atoms with E-state index < -0.39 is 0 Å². The van der Waals surface area contributed by atoms with E-state index in [4.69, 9.17) is 15.5 Å². The third-order valence-corrected chi connectivity index (χ3v) is 6.01. The van der Waals surface area contributed by atoms with Crippen LogP contribution in [0.2, 0.25) is 0 Å². The zero-order chi connectivity index (χ0) is 24.9. The molecular weight excluding hydrogens is 454 g/mol. The molecule has 2 aromatic carbocycles. The topological polar surface area (TPSA) is 118 Å². The number of rotatable bonds is 7. The molecule has 0 saturated carbocycles. The number of hydrogen-bond donors (Lipinski definition) is 3. The number of nitrogens with zero attached hydrogens (tertiary/aromatic N) is 4. The van der Waals surface area contributed by atoms with Gasteiger partial charge in [0.1, 0.15) is 0 Å². The van der Waals surface area contributed by atoms with E-state index in [0.29, 0.717) is 30.5 Å². The van der Waals surface area contributed by atoms with Crippen LogP contribution in [0.5, 0.6) is 0 Å². The molecule has 9 heteroatoms. The Morgan fingerprint density at radius 3 is 2.83 bits per heavy atom. The number of benzene rings is 2. The van der Waals surface area contributed by atoms with E-state index >= 15 is 0 Å². The van der Waals surface area contributed by atoms with Crippen molar-refractivity contribution in [1.82, 2.24) is 15.0 Å². The van der Waals surface area contributed by atoms with Crippen LogP contribution in [0.4, 0.5) is 23.0 Å². The predicted molar refractivity (Wildman–Crippen MR) is 142 cm³/mol. The molecule has 0 spiro atoms. The van der Waals surface area contributed by atoms with Crippen molar-refractivity contribution < 1.29 is 9.53 Å². The van der Waals surface area contributed by atoms with Crippen molar-refractivity contribution in [2.75, 3.05) is 41.8 Å². The van der Waals surface area contributed by atoms with E-state index in [0.717, 1.165) is 40.9 Å². The minimum Gasteiger partial charge on any atom is -0.373 e. The molecule has 1 saturated heterocycles. The van der Waals surface area contributed by atoms with Gasteiger partial charge in [-0.3, -0.25) is 9.78 Å². The lowest BCUT2D eigenvalue weighted by Gasteiger charge is -2.34. The van der Waals surface area contributed by atoms with E-state index in [9.17, 15) is 4.79 Å². The van der Waals surface area contributed by atoms with Crippen molar-refractivity contribution in [3.8, 4) is 11.3 Å². The highest BCUT2D eigenvalue weighted by atomic mass is 16.5. The number of aromatic nitrogens is 3. The summed E-state index contributed by atoms with van der Waals surface area (Å²) in [5.41, 5.74) is 10.5. The number of para-hydroxylation sites is 1. The van der Waals surface area contributed by atoms with Gasteiger partial charge in [0, 0.05) is 54.4 Å². The Morgan fingerprint density at radius 1 is 1.17 bits per heavy atom. The molecular formula is C27H27N7O2. The minimum atomic E-state index is -0.305. The number of pyridine rings is 1. The molecule has 2 aromatic heterocycles. The summed E-state index contributed by atoms with van der Waals surface area (Å²) in [5.74, 6) is 0.158. The second-order valence-corrected chi connectivity index (χ2v) is 8.38. The van der Waals surface area contributed by atoms with Gasteiger partial charge in [0.05, 0.1) is 29.6 Å². The minimum absolute atomic E-state index is 0.0569. The number of carbonyl (C=O) groups is 1. The van der Waals surface area contributed by atoms with Crippen LogP contribution in [0.3, 0.4) is 0 Å². The zero-order valence-corrected chi connectivity index (χ0v) is 19.7. The number of anilines is 4.